The maximum Gasteiger partial charge on any atom is 0.260 e. The molecule has 170 valence electrons. The maximum atomic E-state index is 12.8. The number of likely N-dealkylation sites (N-methyl/N-ethyl adjacent to an activating group) is 1. The third-order valence-corrected chi connectivity index (χ3v) is 7.39. The second-order valence-electron chi connectivity index (χ2n) is 7.71. The highest BCUT2D eigenvalue weighted by molar-refractivity contribution is 7.99. The Labute approximate surface area is 201 Å². The highest BCUT2D eigenvalue weighted by Crippen LogP contribution is 2.30. The molecule has 0 aliphatic rings. The van der Waals surface area contributed by atoms with E-state index in [0.29, 0.717) is 28.3 Å². The van der Waals surface area contributed by atoms with Gasteiger partial charge < -0.3 is 15.2 Å². The highest BCUT2D eigenvalue weighted by atomic mass is 32.2. The Kier molecular flexibility index (Phi) is 7.47. The van der Waals surface area contributed by atoms with Crippen molar-refractivity contribution in [2.45, 2.75) is 17.9 Å². The van der Waals surface area contributed by atoms with Crippen LogP contribution in [0.3, 0.4) is 0 Å². The van der Waals surface area contributed by atoms with Crippen LogP contribution in [0, 0.1) is 0 Å². The monoisotopic (exact) mass is 478 g/mol. The van der Waals surface area contributed by atoms with Crippen molar-refractivity contribution in [1.82, 2.24) is 15.3 Å². The van der Waals surface area contributed by atoms with E-state index in [9.17, 15) is 9.59 Å². The Morgan fingerprint density at radius 3 is 2.58 bits per heavy atom. The first-order valence-corrected chi connectivity index (χ1v) is 12.7. The number of nitrogens with one attached hydrogen (secondary N) is 2. The van der Waals surface area contributed by atoms with Crippen LogP contribution in [0.2, 0.25) is 0 Å². The lowest BCUT2D eigenvalue weighted by atomic mass is 10.1. The predicted octanol–water partition coefficient (Wildman–Crippen LogP) is 4.53. The summed E-state index contributed by atoms with van der Waals surface area (Å²) in [6, 6.07) is 19.9. The molecule has 4 aromatic rings. The van der Waals surface area contributed by atoms with E-state index in [1.54, 1.807) is 0 Å². The molecule has 6 nitrogen and oxygen atoms in total. The smallest absolute Gasteiger partial charge is 0.260 e. The number of benzene rings is 2. The predicted molar refractivity (Wildman–Crippen MR) is 139 cm³/mol. The van der Waals surface area contributed by atoms with Crippen molar-refractivity contribution in [1.29, 1.82) is 0 Å². The number of H-pyrrole nitrogens is 1. The number of anilines is 1. The molecule has 2 aromatic carbocycles. The standard InChI is InChI=1S/C25H26N4O2S2/c1-17(23(30)26-13-14-29(2)19-11-7-4-8-12-19)32-16-21-27-24(31)22-20(15-33-25(22)28-21)18-9-5-3-6-10-18/h3-12,15,17H,13-14,16H2,1-2H3,(H,26,30)(H,27,28,31). The molecule has 0 aliphatic heterocycles. The van der Waals surface area contributed by atoms with E-state index < -0.39 is 0 Å². The Balaban J connectivity index is 1.32. The van der Waals surface area contributed by atoms with Crippen LogP contribution in [0.5, 0.6) is 0 Å². The van der Waals surface area contributed by atoms with E-state index in [0.717, 1.165) is 23.4 Å². The number of hydrogen-bond donors (Lipinski definition) is 2. The van der Waals surface area contributed by atoms with Crippen LogP contribution in [-0.2, 0) is 10.5 Å². The summed E-state index contributed by atoms with van der Waals surface area (Å²) in [6.07, 6.45) is 0. The van der Waals surface area contributed by atoms with Crippen molar-refractivity contribution in [2.24, 2.45) is 0 Å². The van der Waals surface area contributed by atoms with Gasteiger partial charge in [-0.15, -0.1) is 23.1 Å². The molecule has 0 bridgehead atoms. The number of amides is 1. The number of carbonyl (C=O) groups excluding carboxylic acids is 1. The molecule has 1 unspecified atom stereocenters. The van der Waals surface area contributed by atoms with E-state index in [-0.39, 0.29) is 16.7 Å². The van der Waals surface area contributed by atoms with Crippen molar-refractivity contribution < 1.29 is 4.79 Å². The molecule has 2 heterocycles. The lowest BCUT2D eigenvalue weighted by Crippen LogP contribution is -2.37. The lowest BCUT2D eigenvalue weighted by Gasteiger charge is -2.20. The second kappa shape index (κ2) is 10.7. The summed E-state index contributed by atoms with van der Waals surface area (Å²) < 4.78 is 0. The Morgan fingerprint density at radius 2 is 1.85 bits per heavy atom. The van der Waals surface area contributed by atoms with E-state index in [4.69, 9.17) is 0 Å². The molecule has 0 radical (unpaired) electrons. The molecule has 0 spiro atoms. The Bertz CT molecular complexity index is 1270. The van der Waals surface area contributed by atoms with Crippen LogP contribution in [0.15, 0.2) is 70.8 Å². The average molecular weight is 479 g/mol. The first kappa shape index (κ1) is 23.1. The van der Waals surface area contributed by atoms with Gasteiger partial charge in [0.25, 0.3) is 5.56 Å². The summed E-state index contributed by atoms with van der Waals surface area (Å²) in [6.45, 7) is 3.16. The topological polar surface area (TPSA) is 78.1 Å². The molecule has 0 fully saturated rings. The zero-order valence-electron chi connectivity index (χ0n) is 18.6. The number of fused-ring (bicyclic) bond motifs is 1. The molecule has 1 amide bonds. The third kappa shape index (κ3) is 5.64. The van der Waals surface area contributed by atoms with Gasteiger partial charge in [0.1, 0.15) is 10.7 Å². The summed E-state index contributed by atoms with van der Waals surface area (Å²) in [5, 5.41) is 5.33. The van der Waals surface area contributed by atoms with E-state index in [1.807, 2.05) is 80.0 Å². The van der Waals surface area contributed by atoms with E-state index >= 15 is 0 Å². The van der Waals surface area contributed by atoms with Gasteiger partial charge in [0, 0.05) is 36.8 Å². The second-order valence-corrected chi connectivity index (χ2v) is 9.90. The van der Waals surface area contributed by atoms with E-state index in [1.165, 1.54) is 23.1 Å². The lowest BCUT2D eigenvalue weighted by molar-refractivity contribution is -0.120. The first-order chi connectivity index (χ1) is 16.0. The van der Waals surface area contributed by atoms with Crippen LogP contribution in [0.25, 0.3) is 21.3 Å². The molecule has 33 heavy (non-hydrogen) atoms. The summed E-state index contributed by atoms with van der Waals surface area (Å²) in [5.41, 5.74) is 2.87. The summed E-state index contributed by atoms with van der Waals surface area (Å²) in [7, 11) is 2.01. The van der Waals surface area contributed by atoms with Gasteiger partial charge in [-0.05, 0) is 24.6 Å². The Morgan fingerprint density at radius 1 is 1.15 bits per heavy atom. The minimum absolute atomic E-state index is 0.0209. The average Bonchev–Trinajstić information content (AvgIpc) is 3.28. The van der Waals surface area contributed by atoms with Gasteiger partial charge in [0.2, 0.25) is 5.91 Å². The van der Waals surface area contributed by atoms with Gasteiger partial charge in [-0.1, -0.05) is 48.5 Å². The van der Waals surface area contributed by atoms with Gasteiger partial charge in [-0.25, -0.2) is 4.98 Å². The highest BCUT2D eigenvalue weighted by Gasteiger charge is 2.16. The number of thioether (sulfide) groups is 1. The molecular formula is C25H26N4O2S2. The molecular weight excluding hydrogens is 452 g/mol. The number of aromatic nitrogens is 2. The van der Waals surface area contributed by atoms with Crippen molar-refractivity contribution in [3.8, 4) is 11.1 Å². The van der Waals surface area contributed by atoms with Gasteiger partial charge in [-0.2, -0.15) is 0 Å². The minimum atomic E-state index is -0.253. The number of nitrogens with zero attached hydrogens (tertiary/aromatic N) is 2. The first-order valence-electron chi connectivity index (χ1n) is 10.7. The Hall–Kier alpha value is -3.10. The number of carbonyl (C=O) groups is 1. The normalized spacial score (nSPS) is 11.9. The van der Waals surface area contributed by atoms with Crippen LogP contribution < -0.4 is 15.8 Å². The molecule has 2 N–H and O–H groups in total. The van der Waals surface area contributed by atoms with E-state index in [2.05, 4.69) is 20.2 Å². The van der Waals surface area contributed by atoms with Crippen molar-refractivity contribution in [3.63, 3.8) is 0 Å². The zero-order chi connectivity index (χ0) is 23.2. The number of para-hydroxylation sites is 1. The molecule has 0 saturated carbocycles. The van der Waals surface area contributed by atoms with Crippen LogP contribution in [0.1, 0.15) is 12.7 Å². The maximum absolute atomic E-state index is 12.8. The van der Waals surface area contributed by atoms with Crippen LogP contribution in [-0.4, -0.2) is 41.3 Å². The summed E-state index contributed by atoms with van der Waals surface area (Å²) in [4.78, 5) is 35.6. The van der Waals surface area contributed by atoms with Gasteiger partial charge in [-0.3, -0.25) is 9.59 Å². The number of rotatable bonds is 9. The van der Waals surface area contributed by atoms with Crippen LogP contribution in [0.4, 0.5) is 5.69 Å². The molecule has 0 aliphatic carbocycles. The van der Waals surface area contributed by atoms with Crippen molar-refractivity contribution >= 4 is 44.9 Å². The fraction of sp³-hybridized carbons (Fsp3) is 0.240. The molecule has 8 heteroatoms. The van der Waals surface area contributed by atoms with Crippen LogP contribution >= 0.6 is 23.1 Å². The molecule has 0 saturated heterocycles. The van der Waals surface area contributed by atoms with Crippen molar-refractivity contribution in [3.05, 3.63) is 82.2 Å². The molecule has 4 rings (SSSR count). The summed E-state index contributed by atoms with van der Waals surface area (Å²) in [5.74, 6) is 1.03. The third-order valence-electron chi connectivity index (χ3n) is 5.36. The minimum Gasteiger partial charge on any atom is -0.373 e. The summed E-state index contributed by atoms with van der Waals surface area (Å²) >= 11 is 2.92. The zero-order valence-corrected chi connectivity index (χ0v) is 20.2. The number of thiophene rings is 1. The van der Waals surface area contributed by atoms with Gasteiger partial charge in [0.15, 0.2) is 0 Å². The fourth-order valence-electron chi connectivity index (χ4n) is 3.47. The van der Waals surface area contributed by atoms with Gasteiger partial charge >= 0.3 is 0 Å². The largest absolute Gasteiger partial charge is 0.373 e. The quantitative estimate of drug-likeness (QED) is 0.370. The van der Waals surface area contributed by atoms with Crippen molar-refractivity contribution in [2.75, 3.05) is 25.0 Å². The molecule has 1 atom stereocenters. The SMILES string of the molecule is CC(SCc1nc2scc(-c3ccccc3)c2c(=O)[nH]1)C(=O)NCCN(C)c1ccccc1. The molecule has 2 aromatic heterocycles. The number of aromatic amines is 1. The number of hydrogen-bond acceptors (Lipinski definition) is 6. The fourth-order valence-corrected chi connectivity index (χ4v) is 5.22. The van der Waals surface area contributed by atoms with Gasteiger partial charge in [0.05, 0.1) is 16.4 Å².